The molecule has 0 fully saturated rings. The molecule has 0 aliphatic heterocycles. The molecule has 0 radical (unpaired) electrons. The molecule has 0 aromatic heterocycles. The molecule has 0 rings (SSSR count). The number of amides is 1. The predicted octanol–water partition coefficient (Wildman–Crippen LogP) is 18.6. The second kappa shape index (κ2) is 52.1. The average molecular weight is 999 g/mol. The van der Waals surface area contributed by atoms with Crippen LogP contribution in [0, 0.1) is 0 Å². The van der Waals surface area contributed by atoms with Gasteiger partial charge in [-0.3, -0.25) is 13.8 Å². The first-order valence-corrected chi connectivity index (χ1v) is 32.0. The van der Waals surface area contributed by atoms with Gasteiger partial charge in [0.15, 0.2) is 0 Å². The number of carbonyl (C=O) groups excluding carboxylic acids is 1. The first-order chi connectivity index (χ1) is 33.5. The SMILES string of the molecule is CCCCCCCCCC/C=C\CCCCCCCCCCCCCCCCCCCC(=O)NC(COP(=O)(O)OCC[N+](C)(C)C)C(O)CCCCCCCCCCCCCCCCCCCC. The highest BCUT2D eigenvalue weighted by atomic mass is 31.2. The van der Waals surface area contributed by atoms with Crippen LogP contribution in [0.4, 0.5) is 0 Å². The second-order valence-corrected chi connectivity index (χ2v) is 23.9. The van der Waals surface area contributed by atoms with Crippen molar-refractivity contribution in [2.45, 2.75) is 328 Å². The molecule has 1 amide bonds. The lowest BCUT2D eigenvalue weighted by molar-refractivity contribution is -0.870. The van der Waals surface area contributed by atoms with E-state index in [9.17, 15) is 19.4 Å². The summed E-state index contributed by atoms with van der Waals surface area (Å²) in [5, 5.41) is 14.1. The van der Waals surface area contributed by atoms with Crippen LogP contribution in [0.5, 0.6) is 0 Å². The number of quaternary nitrogens is 1. The Morgan fingerprint density at radius 2 is 0.783 bits per heavy atom. The highest BCUT2D eigenvalue weighted by Crippen LogP contribution is 2.43. The van der Waals surface area contributed by atoms with E-state index >= 15 is 0 Å². The van der Waals surface area contributed by atoms with E-state index in [4.69, 9.17) is 9.05 Å². The van der Waals surface area contributed by atoms with Crippen molar-refractivity contribution in [3.8, 4) is 0 Å². The van der Waals surface area contributed by atoms with E-state index in [0.29, 0.717) is 23.9 Å². The van der Waals surface area contributed by atoms with E-state index in [1.807, 2.05) is 21.1 Å². The van der Waals surface area contributed by atoms with Crippen LogP contribution < -0.4 is 5.32 Å². The number of hydrogen-bond acceptors (Lipinski definition) is 5. The molecule has 412 valence electrons. The van der Waals surface area contributed by atoms with E-state index in [1.54, 1.807) is 0 Å². The molecule has 3 unspecified atom stereocenters. The quantitative estimate of drug-likeness (QED) is 0.0243. The van der Waals surface area contributed by atoms with Crippen LogP contribution in [0.15, 0.2) is 12.2 Å². The summed E-state index contributed by atoms with van der Waals surface area (Å²) >= 11 is 0. The minimum Gasteiger partial charge on any atom is -0.391 e. The summed E-state index contributed by atoms with van der Waals surface area (Å²) in [5.74, 6) is -0.137. The molecule has 0 saturated carbocycles. The van der Waals surface area contributed by atoms with Gasteiger partial charge in [0.1, 0.15) is 13.2 Å². The van der Waals surface area contributed by atoms with Crippen molar-refractivity contribution in [2.24, 2.45) is 0 Å². The number of likely N-dealkylation sites (N-methyl/N-ethyl adjacent to an activating group) is 1. The summed E-state index contributed by atoms with van der Waals surface area (Å²) in [5.41, 5.74) is 0. The minimum atomic E-state index is -4.32. The molecule has 3 atom stereocenters. The molecule has 0 aromatic rings. The Morgan fingerprint density at radius 1 is 0.478 bits per heavy atom. The molecule has 0 aliphatic rings. The molecule has 0 aromatic carbocycles. The molecule has 3 N–H and O–H groups in total. The molecule has 0 bridgehead atoms. The Kier molecular flexibility index (Phi) is 51.5. The molecule has 0 saturated heterocycles. The van der Waals surface area contributed by atoms with Gasteiger partial charge >= 0.3 is 7.82 Å². The number of aliphatic hydroxyl groups excluding tert-OH is 1. The summed E-state index contributed by atoms with van der Waals surface area (Å²) in [6.07, 6.45) is 64.2. The molecular weight excluding hydrogens is 876 g/mol. The Labute approximate surface area is 431 Å². The maximum Gasteiger partial charge on any atom is 0.472 e. The van der Waals surface area contributed by atoms with Gasteiger partial charge in [-0.05, 0) is 38.5 Å². The number of nitrogens with zero attached hydrogens (tertiary/aromatic N) is 1. The van der Waals surface area contributed by atoms with Crippen molar-refractivity contribution in [1.82, 2.24) is 5.32 Å². The normalized spacial score (nSPS) is 13.9. The molecule has 0 heterocycles. The first kappa shape index (κ1) is 68.2. The monoisotopic (exact) mass is 998 g/mol. The van der Waals surface area contributed by atoms with Crippen LogP contribution >= 0.6 is 7.82 Å². The van der Waals surface area contributed by atoms with Gasteiger partial charge in [0.25, 0.3) is 0 Å². The summed E-state index contributed by atoms with van der Waals surface area (Å²) in [6, 6.07) is -0.757. The predicted molar refractivity (Wildman–Crippen MR) is 300 cm³/mol. The van der Waals surface area contributed by atoms with E-state index in [1.165, 1.54) is 250 Å². The van der Waals surface area contributed by atoms with Crippen LogP contribution in [0.25, 0.3) is 0 Å². The smallest absolute Gasteiger partial charge is 0.391 e. The number of phosphoric acid groups is 1. The lowest BCUT2D eigenvalue weighted by Gasteiger charge is -2.26. The number of hydrogen-bond donors (Lipinski definition) is 3. The summed E-state index contributed by atoms with van der Waals surface area (Å²) < 4.78 is 23.8. The summed E-state index contributed by atoms with van der Waals surface area (Å²) in [7, 11) is 1.63. The fraction of sp³-hybridized carbons (Fsp3) is 0.950. The van der Waals surface area contributed by atoms with Gasteiger partial charge in [-0.1, -0.05) is 283 Å². The van der Waals surface area contributed by atoms with Gasteiger partial charge in [0, 0.05) is 6.42 Å². The third-order valence-corrected chi connectivity index (χ3v) is 15.2. The number of phosphoric ester groups is 1. The second-order valence-electron chi connectivity index (χ2n) is 22.4. The van der Waals surface area contributed by atoms with Crippen molar-refractivity contribution in [2.75, 3.05) is 40.9 Å². The Morgan fingerprint density at radius 3 is 1.12 bits per heavy atom. The van der Waals surface area contributed by atoms with Gasteiger partial charge in [0.2, 0.25) is 5.91 Å². The van der Waals surface area contributed by atoms with Gasteiger partial charge in [-0.15, -0.1) is 0 Å². The van der Waals surface area contributed by atoms with Crippen LogP contribution in [-0.4, -0.2) is 73.4 Å². The van der Waals surface area contributed by atoms with Gasteiger partial charge < -0.3 is 19.8 Å². The van der Waals surface area contributed by atoms with Crippen molar-refractivity contribution >= 4 is 13.7 Å². The maximum atomic E-state index is 13.0. The first-order valence-electron chi connectivity index (χ1n) is 30.6. The van der Waals surface area contributed by atoms with Crippen LogP contribution in [0.1, 0.15) is 316 Å². The van der Waals surface area contributed by atoms with E-state index in [2.05, 4.69) is 31.3 Å². The third-order valence-electron chi connectivity index (χ3n) is 14.3. The zero-order chi connectivity index (χ0) is 50.6. The maximum absolute atomic E-state index is 13.0. The molecular formula is C60H122N2O6P+. The zero-order valence-electron chi connectivity index (χ0n) is 47.1. The number of unbranched alkanes of at least 4 members (excludes halogenated alkanes) is 42. The standard InChI is InChI=1S/C60H121N2O6P/c1-6-8-10-12-14-16-18-20-22-24-26-27-28-29-30-31-32-33-34-35-36-38-40-42-44-46-48-50-52-54-60(64)61-58(57-68-69(65,66)67-56-55-62(3,4)5)59(63)53-51-49-47-45-43-41-39-37-25-23-21-19-17-15-13-11-9-7-2/h24,26,58-59,63H,6-23,25,27-57H2,1-5H3,(H-,61,64,65,66)/p+1/b26-24-. The number of aliphatic hydroxyl groups is 1. The number of rotatable bonds is 57. The minimum absolute atomic E-state index is 0.0780. The van der Waals surface area contributed by atoms with Gasteiger partial charge in [-0.25, -0.2) is 4.57 Å². The number of carbonyl (C=O) groups is 1. The van der Waals surface area contributed by atoms with Crippen LogP contribution in [-0.2, 0) is 18.4 Å². The van der Waals surface area contributed by atoms with Crippen molar-refractivity contribution in [1.29, 1.82) is 0 Å². The Balaban J connectivity index is 4.05. The van der Waals surface area contributed by atoms with E-state index in [-0.39, 0.29) is 19.1 Å². The van der Waals surface area contributed by atoms with E-state index in [0.717, 1.165) is 38.5 Å². The Hall–Kier alpha value is -0.760. The summed E-state index contributed by atoms with van der Waals surface area (Å²) in [4.78, 5) is 23.4. The number of nitrogens with one attached hydrogen (secondary N) is 1. The van der Waals surface area contributed by atoms with Gasteiger partial charge in [0.05, 0.1) is 39.9 Å². The van der Waals surface area contributed by atoms with E-state index < -0.39 is 20.0 Å². The molecule has 0 aliphatic carbocycles. The third kappa shape index (κ3) is 54.8. The zero-order valence-corrected chi connectivity index (χ0v) is 48.0. The van der Waals surface area contributed by atoms with Crippen LogP contribution in [0.2, 0.25) is 0 Å². The number of allylic oxidation sites excluding steroid dienone is 2. The highest BCUT2D eigenvalue weighted by Gasteiger charge is 2.28. The lowest BCUT2D eigenvalue weighted by atomic mass is 10.0. The van der Waals surface area contributed by atoms with Crippen molar-refractivity contribution < 1.29 is 32.9 Å². The summed E-state index contributed by atoms with van der Waals surface area (Å²) in [6.45, 7) is 4.94. The molecule has 69 heavy (non-hydrogen) atoms. The fourth-order valence-corrected chi connectivity index (χ4v) is 10.2. The fourth-order valence-electron chi connectivity index (χ4n) is 9.46. The average Bonchev–Trinajstić information content (AvgIpc) is 3.31. The molecule has 0 spiro atoms. The molecule has 9 heteroatoms. The largest absolute Gasteiger partial charge is 0.472 e. The van der Waals surface area contributed by atoms with Crippen LogP contribution in [0.3, 0.4) is 0 Å². The van der Waals surface area contributed by atoms with Crippen molar-refractivity contribution in [3.63, 3.8) is 0 Å². The Bertz CT molecular complexity index is 1130. The van der Waals surface area contributed by atoms with Crippen molar-refractivity contribution in [3.05, 3.63) is 12.2 Å². The highest BCUT2D eigenvalue weighted by molar-refractivity contribution is 7.47. The topological polar surface area (TPSA) is 105 Å². The van der Waals surface area contributed by atoms with Gasteiger partial charge in [-0.2, -0.15) is 0 Å². The lowest BCUT2D eigenvalue weighted by Crippen LogP contribution is -2.46. The molecule has 8 nitrogen and oxygen atoms in total.